The number of rotatable bonds is 0. The van der Waals surface area contributed by atoms with Crippen LogP contribution in [0.3, 0.4) is 0 Å². The molecule has 0 atom stereocenters. The Labute approximate surface area is 90.1 Å². The number of halogens is 2. The Morgan fingerprint density at radius 2 is 2.00 bits per heavy atom. The van der Waals surface area contributed by atoms with Crippen LogP contribution in [0, 0.1) is 19.7 Å². The van der Waals surface area contributed by atoms with Crippen molar-refractivity contribution in [3.05, 3.63) is 39.7 Å². The van der Waals surface area contributed by atoms with Crippen LogP contribution in [0.15, 0.2) is 22.7 Å². The van der Waals surface area contributed by atoms with Crippen LogP contribution in [0.2, 0.25) is 0 Å². The molecule has 0 aliphatic carbocycles. The van der Waals surface area contributed by atoms with Gasteiger partial charge in [0.25, 0.3) is 0 Å². The summed E-state index contributed by atoms with van der Waals surface area (Å²) in [6.45, 7) is 3.69. The number of hydrogen-bond donors (Lipinski definition) is 0. The summed E-state index contributed by atoms with van der Waals surface area (Å²) in [6, 6.07) is 5.26. The Hall–Kier alpha value is -0.960. The fraction of sp³-hybridized carbons (Fsp3) is 0.182. The summed E-state index contributed by atoms with van der Waals surface area (Å²) in [5.74, 6) is -0.199. The lowest BCUT2D eigenvalue weighted by Gasteiger charge is -2.05. The highest BCUT2D eigenvalue weighted by molar-refractivity contribution is 9.10. The van der Waals surface area contributed by atoms with E-state index >= 15 is 0 Å². The summed E-state index contributed by atoms with van der Waals surface area (Å²) < 4.78 is 14.1. The molecule has 72 valence electrons. The van der Waals surface area contributed by atoms with Crippen LogP contribution < -0.4 is 0 Å². The van der Waals surface area contributed by atoms with E-state index in [0.29, 0.717) is 10.0 Å². The van der Waals surface area contributed by atoms with Crippen molar-refractivity contribution in [3.63, 3.8) is 0 Å². The maximum absolute atomic E-state index is 13.4. The molecule has 1 aromatic carbocycles. The molecule has 1 heterocycles. The standard InChI is InChI=1S/C11H9BrFN/c1-6-3-4-8-7(2)10(13)5-9(12)11(8)14-6/h3-5H,1-2H3. The van der Waals surface area contributed by atoms with Gasteiger partial charge in [-0.05, 0) is 47.5 Å². The zero-order valence-electron chi connectivity index (χ0n) is 7.94. The molecule has 1 nitrogen and oxygen atoms in total. The molecule has 0 saturated carbocycles. The summed E-state index contributed by atoms with van der Waals surface area (Å²) in [4.78, 5) is 4.36. The van der Waals surface area contributed by atoms with Gasteiger partial charge in [-0.2, -0.15) is 0 Å². The van der Waals surface area contributed by atoms with Gasteiger partial charge in [0, 0.05) is 15.6 Å². The second-order valence-electron chi connectivity index (χ2n) is 3.31. The lowest BCUT2D eigenvalue weighted by molar-refractivity contribution is 0.620. The first kappa shape index (κ1) is 9.59. The van der Waals surface area contributed by atoms with Crippen LogP contribution >= 0.6 is 15.9 Å². The maximum Gasteiger partial charge on any atom is 0.127 e. The van der Waals surface area contributed by atoms with Crippen molar-refractivity contribution < 1.29 is 4.39 Å². The highest BCUT2D eigenvalue weighted by atomic mass is 79.9. The van der Waals surface area contributed by atoms with Gasteiger partial charge < -0.3 is 0 Å². The van der Waals surface area contributed by atoms with Gasteiger partial charge in [-0.25, -0.2) is 4.39 Å². The van der Waals surface area contributed by atoms with Crippen molar-refractivity contribution in [2.75, 3.05) is 0 Å². The van der Waals surface area contributed by atoms with E-state index in [9.17, 15) is 4.39 Å². The Morgan fingerprint density at radius 1 is 1.29 bits per heavy atom. The van der Waals surface area contributed by atoms with Crippen LogP contribution in [-0.2, 0) is 0 Å². The predicted molar refractivity (Wildman–Crippen MR) is 58.9 cm³/mol. The summed E-state index contributed by atoms with van der Waals surface area (Å²) in [7, 11) is 0. The summed E-state index contributed by atoms with van der Waals surface area (Å²) in [5.41, 5.74) is 2.41. The van der Waals surface area contributed by atoms with Gasteiger partial charge in [0.1, 0.15) is 5.82 Å². The highest BCUT2D eigenvalue weighted by Crippen LogP contribution is 2.27. The lowest BCUT2D eigenvalue weighted by Crippen LogP contribution is -1.90. The average Bonchev–Trinajstić information content (AvgIpc) is 2.14. The number of aromatic nitrogens is 1. The fourth-order valence-electron chi connectivity index (χ4n) is 1.46. The van der Waals surface area contributed by atoms with Gasteiger partial charge in [-0.3, -0.25) is 4.98 Å². The summed E-state index contributed by atoms with van der Waals surface area (Å²) in [6.07, 6.45) is 0. The van der Waals surface area contributed by atoms with Gasteiger partial charge in [-0.15, -0.1) is 0 Å². The molecule has 2 aromatic rings. The summed E-state index contributed by atoms with van der Waals surface area (Å²) >= 11 is 3.31. The second-order valence-corrected chi connectivity index (χ2v) is 4.17. The minimum atomic E-state index is -0.199. The zero-order chi connectivity index (χ0) is 10.3. The van der Waals surface area contributed by atoms with Crippen LogP contribution in [-0.4, -0.2) is 4.98 Å². The van der Waals surface area contributed by atoms with Gasteiger partial charge >= 0.3 is 0 Å². The van der Waals surface area contributed by atoms with Crippen LogP contribution in [0.1, 0.15) is 11.3 Å². The minimum Gasteiger partial charge on any atom is -0.252 e. The third-order valence-corrected chi connectivity index (χ3v) is 2.88. The van der Waals surface area contributed by atoms with Gasteiger partial charge in [-0.1, -0.05) is 6.07 Å². The van der Waals surface area contributed by atoms with Crippen molar-refractivity contribution >= 4 is 26.8 Å². The molecule has 0 radical (unpaired) electrons. The molecule has 1 aromatic heterocycles. The topological polar surface area (TPSA) is 12.9 Å². The number of fused-ring (bicyclic) bond motifs is 1. The van der Waals surface area contributed by atoms with Gasteiger partial charge in [0.15, 0.2) is 0 Å². The molecule has 0 saturated heterocycles. The zero-order valence-corrected chi connectivity index (χ0v) is 9.52. The lowest BCUT2D eigenvalue weighted by atomic mass is 10.1. The molecule has 14 heavy (non-hydrogen) atoms. The molecule has 2 rings (SSSR count). The van der Waals surface area contributed by atoms with E-state index in [1.54, 1.807) is 6.92 Å². The third kappa shape index (κ3) is 1.42. The molecule has 0 bridgehead atoms. The Kier molecular flexibility index (Phi) is 2.27. The first-order valence-electron chi connectivity index (χ1n) is 4.31. The number of hydrogen-bond acceptors (Lipinski definition) is 1. The third-order valence-electron chi connectivity index (χ3n) is 2.28. The normalized spacial score (nSPS) is 10.9. The maximum atomic E-state index is 13.4. The number of aryl methyl sites for hydroxylation is 2. The fourth-order valence-corrected chi connectivity index (χ4v) is 1.96. The number of pyridine rings is 1. The second kappa shape index (κ2) is 3.31. The Balaban J connectivity index is 2.94. The average molecular weight is 254 g/mol. The van der Waals surface area contributed by atoms with Gasteiger partial charge in [0.2, 0.25) is 0 Å². The van der Waals surface area contributed by atoms with E-state index in [4.69, 9.17) is 0 Å². The molecule has 0 fully saturated rings. The summed E-state index contributed by atoms with van der Waals surface area (Å²) in [5, 5.41) is 0.863. The smallest absolute Gasteiger partial charge is 0.127 e. The van der Waals surface area contributed by atoms with E-state index < -0.39 is 0 Å². The highest BCUT2D eigenvalue weighted by Gasteiger charge is 2.08. The van der Waals surface area contributed by atoms with Crippen molar-refractivity contribution in [3.8, 4) is 0 Å². The number of benzene rings is 1. The molecule has 0 unspecified atom stereocenters. The molecule has 0 N–H and O–H groups in total. The van der Waals surface area contributed by atoms with E-state index in [1.165, 1.54) is 6.07 Å². The van der Waals surface area contributed by atoms with Crippen molar-refractivity contribution in [2.45, 2.75) is 13.8 Å². The van der Waals surface area contributed by atoms with Crippen molar-refractivity contribution in [2.24, 2.45) is 0 Å². The van der Waals surface area contributed by atoms with Crippen LogP contribution in [0.5, 0.6) is 0 Å². The van der Waals surface area contributed by atoms with E-state index in [-0.39, 0.29) is 5.82 Å². The van der Waals surface area contributed by atoms with Crippen molar-refractivity contribution in [1.29, 1.82) is 0 Å². The molecular weight excluding hydrogens is 245 g/mol. The van der Waals surface area contributed by atoms with Gasteiger partial charge in [0.05, 0.1) is 5.52 Å². The monoisotopic (exact) mass is 253 g/mol. The molecule has 0 aliphatic rings. The molecule has 0 spiro atoms. The quantitative estimate of drug-likeness (QED) is 0.697. The van der Waals surface area contributed by atoms with E-state index in [2.05, 4.69) is 20.9 Å². The van der Waals surface area contributed by atoms with Crippen LogP contribution in [0.25, 0.3) is 10.9 Å². The molecule has 3 heteroatoms. The number of nitrogens with zero attached hydrogens (tertiary/aromatic N) is 1. The van der Waals surface area contributed by atoms with Crippen LogP contribution in [0.4, 0.5) is 4.39 Å². The minimum absolute atomic E-state index is 0.199. The molecule has 0 aliphatic heterocycles. The predicted octanol–water partition coefficient (Wildman–Crippen LogP) is 3.75. The molecular formula is C11H9BrFN. The van der Waals surface area contributed by atoms with E-state index in [0.717, 1.165) is 16.6 Å². The first-order chi connectivity index (χ1) is 6.59. The Bertz CT molecular complexity index is 508. The largest absolute Gasteiger partial charge is 0.252 e. The Morgan fingerprint density at radius 3 is 2.71 bits per heavy atom. The molecule has 0 amide bonds. The first-order valence-corrected chi connectivity index (χ1v) is 5.11. The SMILES string of the molecule is Cc1ccc2c(C)c(F)cc(Br)c2n1. The van der Waals surface area contributed by atoms with E-state index in [1.807, 2.05) is 19.1 Å². The van der Waals surface area contributed by atoms with Crippen molar-refractivity contribution in [1.82, 2.24) is 4.98 Å².